The van der Waals surface area contributed by atoms with Gasteiger partial charge in [0.25, 0.3) is 0 Å². The van der Waals surface area contributed by atoms with Gasteiger partial charge >= 0.3 is 0 Å². The first-order valence-electron chi connectivity index (χ1n) is 8.12. The molecule has 1 aliphatic carbocycles. The second-order valence-electron chi connectivity index (χ2n) is 6.30. The number of rotatable bonds is 6. The van der Waals surface area contributed by atoms with Gasteiger partial charge in [-0.2, -0.15) is 0 Å². The standard InChI is InChI=1S/C18H27NO3S/c1-19(16-11-5-7-13-18(16)23(3,20)21)14-8-10-15-9-4-6-12-17(15)22-2/h4,6,8-10,12,16,18H,5,7,11,13-14H2,1-3H3/b10-8+. The number of sulfone groups is 1. The van der Waals surface area contributed by atoms with E-state index in [2.05, 4.69) is 11.0 Å². The summed E-state index contributed by atoms with van der Waals surface area (Å²) in [5, 5.41) is -0.235. The lowest BCUT2D eigenvalue weighted by molar-refractivity contribution is 0.212. The molecular formula is C18H27NO3S. The van der Waals surface area contributed by atoms with Gasteiger partial charge in [0.2, 0.25) is 0 Å². The zero-order valence-corrected chi connectivity index (χ0v) is 15.1. The van der Waals surface area contributed by atoms with Gasteiger partial charge in [0.1, 0.15) is 5.75 Å². The smallest absolute Gasteiger partial charge is 0.151 e. The van der Waals surface area contributed by atoms with Crippen LogP contribution in [-0.4, -0.2) is 51.6 Å². The Bertz CT molecular complexity index is 639. The van der Waals surface area contributed by atoms with Crippen molar-refractivity contribution in [2.24, 2.45) is 0 Å². The van der Waals surface area contributed by atoms with Crippen LogP contribution in [0.3, 0.4) is 0 Å². The van der Waals surface area contributed by atoms with E-state index < -0.39 is 9.84 Å². The Balaban J connectivity index is 2.03. The number of methoxy groups -OCH3 is 1. The molecule has 0 N–H and O–H groups in total. The third kappa shape index (κ3) is 4.82. The highest BCUT2D eigenvalue weighted by Crippen LogP contribution is 2.27. The number of para-hydroxylation sites is 1. The van der Waals surface area contributed by atoms with Gasteiger partial charge in [0, 0.05) is 24.4 Å². The normalized spacial score (nSPS) is 22.6. The fraction of sp³-hybridized carbons (Fsp3) is 0.556. The molecule has 2 atom stereocenters. The molecule has 0 amide bonds. The van der Waals surface area contributed by atoms with Crippen LogP contribution < -0.4 is 4.74 Å². The van der Waals surface area contributed by atoms with Crippen molar-refractivity contribution < 1.29 is 13.2 Å². The number of benzene rings is 1. The van der Waals surface area contributed by atoms with E-state index in [1.807, 2.05) is 37.4 Å². The highest BCUT2D eigenvalue weighted by molar-refractivity contribution is 7.91. The van der Waals surface area contributed by atoms with Crippen LogP contribution in [0.1, 0.15) is 31.2 Å². The maximum atomic E-state index is 12.0. The maximum Gasteiger partial charge on any atom is 0.151 e. The van der Waals surface area contributed by atoms with E-state index in [4.69, 9.17) is 4.74 Å². The molecule has 1 aromatic carbocycles. The number of nitrogens with zero attached hydrogens (tertiary/aromatic N) is 1. The summed E-state index contributed by atoms with van der Waals surface area (Å²) in [4.78, 5) is 2.16. The second kappa shape index (κ2) is 7.97. The van der Waals surface area contributed by atoms with Crippen molar-refractivity contribution in [1.29, 1.82) is 0 Å². The lowest BCUT2D eigenvalue weighted by Crippen LogP contribution is -2.46. The molecule has 0 heterocycles. The summed E-state index contributed by atoms with van der Waals surface area (Å²) in [5.74, 6) is 0.845. The van der Waals surface area contributed by atoms with Crippen molar-refractivity contribution in [3.8, 4) is 5.75 Å². The average molecular weight is 337 g/mol. The molecule has 0 aliphatic heterocycles. The molecule has 5 heteroatoms. The number of hydrogen-bond acceptors (Lipinski definition) is 4. The highest BCUT2D eigenvalue weighted by Gasteiger charge is 2.34. The number of hydrogen-bond donors (Lipinski definition) is 0. The van der Waals surface area contributed by atoms with Gasteiger partial charge in [-0.15, -0.1) is 0 Å². The third-order valence-electron chi connectivity index (χ3n) is 4.61. The third-order valence-corrected chi connectivity index (χ3v) is 6.26. The monoisotopic (exact) mass is 337 g/mol. The minimum absolute atomic E-state index is 0.112. The van der Waals surface area contributed by atoms with Gasteiger partial charge in [-0.25, -0.2) is 8.42 Å². The quantitative estimate of drug-likeness (QED) is 0.800. The lowest BCUT2D eigenvalue weighted by Gasteiger charge is -2.36. The summed E-state index contributed by atoms with van der Waals surface area (Å²) in [7, 11) is 0.685. The molecule has 2 rings (SSSR count). The summed E-state index contributed by atoms with van der Waals surface area (Å²) < 4.78 is 29.4. The second-order valence-corrected chi connectivity index (χ2v) is 8.57. The lowest BCUT2D eigenvalue weighted by atomic mass is 9.94. The Morgan fingerprint density at radius 1 is 1.26 bits per heavy atom. The van der Waals surface area contributed by atoms with E-state index in [9.17, 15) is 8.42 Å². The van der Waals surface area contributed by atoms with E-state index in [1.54, 1.807) is 7.11 Å². The Kier molecular flexibility index (Phi) is 6.25. The molecule has 1 saturated carbocycles. The summed E-state index contributed by atoms with van der Waals surface area (Å²) in [6.07, 6.45) is 9.34. The van der Waals surface area contributed by atoms with E-state index in [1.165, 1.54) is 6.26 Å². The van der Waals surface area contributed by atoms with Gasteiger partial charge < -0.3 is 4.74 Å². The molecule has 23 heavy (non-hydrogen) atoms. The van der Waals surface area contributed by atoms with Crippen molar-refractivity contribution in [3.05, 3.63) is 35.9 Å². The Labute approximate surface area is 140 Å². The van der Waals surface area contributed by atoms with Crippen LogP contribution in [0.4, 0.5) is 0 Å². The summed E-state index contributed by atoms with van der Waals surface area (Å²) in [6.45, 7) is 0.731. The fourth-order valence-corrected chi connectivity index (χ4v) is 4.88. The molecule has 1 aromatic rings. The van der Waals surface area contributed by atoms with Gasteiger partial charge in [-0.05, 0) is 26.0 Å². The molecule has 4 nitrogen and oxygen atoms in total. The van der Waals surface area contributed by atoms with Gasteiger partial charge in [-0.1, -0.05) is 43.2 Å². The van der Waals surface area contributed by atoms with Crippen LogP contribution in [0, 0.1) is 0 Å². The molecule has 0 radical (unpaired) electrons. The Morgan fingerprint density at radius 3 is 2.65 bits per heavy atom. The molecule has 1 aliphatic rings. The predicted molar refractivity (Wildman–Crippen MR) is 95.5 cm³/mol. The summed E-state index contributed by atoms with van der Waals surface area (Å²) >= 11 is 0. The van der Waals surface area contributed by atoms with E-state index in [0.717, 1.165) is 43.5 Å². The first-order valence-corrected chi connectivity index (χ1v) is 10.1. The van der Waals surface area contributed by atoms with Crippen LogP contribution in [-0.2, 0) is 9.84 Å². The molecular weight excluding hydrogens is 310 g/mol. The summed E-state index contributed by atoms with van der Waals surface area (Å²) in [5.41, 5.74) is 1.03. The summed E-state index contributed by atoms with van der Waals surface area (Å²) in [6, 6.07) is 7.98. The van der Waals surface area contributed by atoms with Crippen LogP contribution >= 0.6 is 0 Å². The van der Waals surface area contributed by atoms with Gasteiger partial charge in [0.05, 0.1) is 12.4 Å². The minimum atomic E-state index is -2.99. The number of ether oxygens (including phenoxy) is 1. The van der Waals surface area contributed by atoms with Gasteiger partial charge in [0.15, 0.2) is 9.84 Å². The molecule has 0 aromatic heterocycles. The van der Waals surface area contributed by atoms with Crippen LogP contribution in [0.5, 0.6) is 5.75 Å². The first-order chi connectivity index (χ1) is 10.9. The van der Waals surface area contributed by atoms with Crippen molar-refractivity contribution in [2.75, 3.05) is 27.0 Å². The van der Waals surface area contributed by atoms with Crippen molar-refractivity contribution in [3.63, 3.8) is 0 Å². The maximum absolute atomic E-state index is 12.0. The van der Waals surface area contributed by atoms with E-state index in [0.29, 0.717) is 0 Å². The molecule has 0 saturated heterocycles. The Morgan fingerprint density at radius 2 is 1.96 bits per heavy atom. The van der Waals surface area contributed by atoms with Gasteiger partial charge in [-0.3, -0.25) is 4.90 Å². The van der Waals surface area contributed by atoms with Crippen molar-refractivity contribution >= 4 is 15.9 Å². The van der Waals surface area contributed by atoms with Crippen LogP contribution in [0.15, 0.2) is 30.3 Å². The first kappa shape index (κ1) is 18.0. The number of likely N-dealkylation sites (N-methyl/N-ethyl adjacent to an activating group) is 1. The molecule has 128 valence electrons. The highest BCUT2D eigenvalue weighted by atomic mass is 32.2. The topological polar surface area (TPSA) is 46.6 Å². The zero-order chi connectivity index (χ0) is 16.9. The minimum Gasteiger partial charge on any atom is -0.496 e. The van der Waals surface area contributed by atoms with E-state index >= 15 is 0 Å². The van der Waals surface area contributed by atoms with Crippen LogP contribution in [0.25, 0.3) is 6.08 Å². The largest absolute Gasteiger partial charge is 0.496 e. The molecule has 1 fully saturated rings. The molecule has 0 bridgehead atoms. The SMILES string of the molecule is COc1ccccc1/C=C/CN(C)C1CCCCC1S(C)(=O)=O. The zero-order valence-electron chi connectivity index (χ0n) is 14.2. The fourth-order valence-electron chi connectivity index (χ4n) is 3.37. The van der Waals surface area contributed by atoms with Crippen molar-refractivity contribution in [1.82, 2.24) is 4.90 Å². The van der Waals surface area contributed by atoms with Crippen molar-refractivity contribution in [2.45, 2.75) is 37.0 Å². The predicted octanol–water partition coefficient (Wildman–Crippen LogP) is 3.00. The van der Waals surface area contributed by atoms with E-state index in [-0.39, 0.29) is 11.3 Å². The Hall–Kier alpha value is -1.33. The average Bonchev–Trinajstić information content (AvgIpc) is 2.54. The molecule has 0 spiro atoms. The molecule has 2 unspecified atom stereocenters. The van der Waals surface area contributed by atoms with Crippen LogP contribution in [0.2, 0.25) is 0 Å².